The van der Waals surface area contributed by atoms with Crippen LogP contribution in [-0.2, 0) is 11.3 Å². The van der Waals surface area contributed by atoms with Gasteiger partial charge in [-0.1, -0.05) is 11.6 Å². The number of amides is 1. The van der Waals surface area contributed by atoms with Crippen LogP contribution in [0.4, 0.5) is 11.4 Å². The van der Waals surface area contributed by atoms with Gasteiger partial charge in [-0.2, -0.15) is 5.10 Å². The number of hydrogen-bond acceptors (Lipinski definition) is 5. The minimum absolute atomic E-state index is 0.0335. The number of nitro groups is 1. The fraction of sp³-hybridized carbons (Fsp3) is 0.267. The van der Waals surface area contributed by atoms with Crippen LogP contribution in [-0.4, -0.2) is 25.7 Å². The number of anilines is 1. The molecule has 0 saturated heterocycles. The monoisotopic (exact) mass is 396 g/mol. The number of aromatic nitrogens is 2. The van der Waals surface area contributed by atoms with Gasteiger partial charge in [-0.05, 0) is 50.3 Å². The molecule has 2 rings (SSSR count). The third-order valence-corrected chi connectivity index (χ3v) is 4.05. The topological polar surface area (TPSA) is 119 Å². The first-order valence-electron chi connectivity index (χ1n) is 7.53. The summed E-state index contributed by atoms with van der Waals surface area (Å²) in [5.74, 6) is -0.372. The maximum atomic E-state index is 12.2. The summed E-state index contributed by atoms with van der Waals surface area (Å²) in [7, 11) is 0. The molecule has 26 heavy (non-hydrogen) atoms. The first kappa shape index (κ1) is 19.6. The second-order valence-corrected chi connectivity index (χ2v) is 6.29. The minimum Gasteiger partial charge on any atom is -0.374 e. The Morgan fingerprint density at radius 2 is 2.04 bits per heavy atom. The van der Waals surface area contributed by atoms with Crippen LogP contribution in [0.25, 0.3) is 0 Å². The lowest BCUT2D eigenvalue weighted by molar-refractivity contribution is -0.386. The summed E-state index contributed by atoms with van der Waals surface area (Å²) >= 11 is 10.8. The molecule has 0 aliphatic rings. The Kier molecular flexibility index (Phi) is 6.11. The van der Waals surface area contributed by atoms with E-state index in [1.165, 1.54) is 9.69 Å². The Labute approximate surface area is 159 Å². The van der Waals surface area contributed by atoms with Gasteiger partial charge < -0.3 is 5.73 Å². The summed E-state index contributed by atoms with van der Waals surface area (Å²) in [4.78, 5) is 22.8. The summed E-state index contributed by atoms with van der Waals surface area (Å²) in [6, 6.07) is 6.60. The van der Waals surface area contributed by atoms with Gasteiger partial charge in [-0.25, -0.2) is 5.01 Å². The number of nitrogens with one attached hydrogen (secondary N) is 1. The summed E-state index contributed by atoms with van der Waals surface area (Å²) < 4.78 is 1.43. The van der Waals surface area contributed by atoms with Crippen molar-refractivity contribution in [3.8, 4) is 0 Å². The lowest BCUT2D eigenvalue weighted by atomic mass is 10.3. The van der Waals surface area contributed by atoms with Crippen molar-refractivity contribution in [3.63, 3.8) is 0 Å². The molecular formula is C15H17ClN6O3S. The molecule has 0 fully saturated rings. The molecule has 1 amide bonds. The molecular weight excluding hydrogens is 380 g/mol. The molecule has 3 N–H and O–H groups in total. The first-order chi connectivity index (χ1) is 12.2. The van der Waals surface area contributed by atoms with E-state index in [-0.39, 0.29) is 29.7 Å². The Hall–Kier alpha value is -2.72. The lowest BCUT2D eigenvalue weighted by Gasteiger charge is -2.23. The minimum atomic E-state index is -0.483. The Balaban J connectivity index is 2.05. The van der Waals surface area contributed by atoms with E-state index in [0.29, 0.717) is 22.1 Å². The van der Waals surface area contributed by atoms with Crippen LogP contribution in [0, 0.1) is 24.0 Å². The average Bonchev–Trinajstić information content (AvgIpc) is 2.85. The van der Waals surface area contributed by atoms with Crippen molar-refractivity contribution in [2.45, 2.75) is 26.8 Å². The number of halogens is 1. The predicted molar refractivity (Wildman–Crippen MR) is 102 cm³/mol. The van der Waals surface area contributed by atoms with Gasteiger partial charge in [0.15, 0.2) is 5.11 Å². The second kappa shape index (κ2) is 8.11. The van der Waals surface area contributed by atoms with E-state index in [1.54, 1.807) is 38.1 Å². The number of hydrazine groups is 1. The van der Waals surface area contributed by atoms with E-state index in [4.69, 9.17) is 29.6 Å². The van der Waals surface area contributed by atoms with Crippen LogP contribution in [0.3, 0.4) is 0 Å². The summed E-state index contributed by atoms with van der Waals surface area (Å²) in [5, 5.41) is 16.9. The van der Waals surface area contributed by atoms with Crippen molar-refractivity contribution in [3.05, 3.63) is 50.8 Å². The van der Waals surface area contributed by atoms with Crippen molar-refractivity contribution in [1.82, 2.24) is 15.2 Å². The van der Waals surface area contributed by atoms with Crippen LogP contribution in [0.5, 0.6) is 0 Å². The van der Waals surface area contributed by atoms with Gasteiger partial charge in [0.2, 0.25) is 5.91 Å². The molecule has 1 aromatic carbocycles. The fourth-order valence-electron chi connectivity index (χ4n) is 2.39. The standard InChI is InChI=1S/C15H17ClN6O3S/c1-9-14(22(24)25)10(2)20(18-9)8-7-13(23)19-21(15(17)26)12-5-3-11(16)4-6-12/h3-6H,7-8H2,1-2H3,(H2,17,26)(H,19,23). The molecule has 0 saturated carbocycles. The zero-order valence-corrected chi connectivity index (χ0v) is 15.7. The summed E-state index contributed by atoms with van der Waals surface area (Å²) in [5.41, 5.74) is 9.46. The highest BCUT2D eigenvalue weighted by Crippen LogP contribution is 2.22. The Morgan fingerprint density at radius 1 is 1.42 bits per heavy atom. The van der Waals surface area contributed by atoms with Gasteiger partial charge in [0.1, 0.15) is 11.4 Å². The predicted octanol–water partition coefficient (Wildman–Crippen LogP) is 2.23. The van der Waals surface area contributed by atoms with E-state index in [1.807, 2.05) is 0 Å². The molecule has 2 aromatic rings. The number of thiocarbonyl (C=S) groups is 1. The number of carbonyl (C=O) groups is 1. The van der Waals surface area contributed by atoms with Gasteiger partial charge in [0.05, 0.1) is 17.2 Å². The smallest absolute Gasteiger partial charge is 0.312 e. The van der Waals surface area contributed by atoms with Gasteiger partial charge >= 0.3 is 5.69 Å². The Morgan fingerprint density at radius 3 is 2.54 bits per heavy atom. The SMILES string of the molecule is Cc1nn(CCC(=O)NN(C(N)=S)c2ccc(Cl)cc2)c(C)c1[N+](=O)[O-]. The van der Waals surface area contributed by atoms with Crippen LogP contribution in [0.2, 0.25) is 5.02 Å². The van der Waals surface area contributed by atoms with Gasteiger partial charge in [-0.15, -0.1) is 0 Å². The van der Waals surface area contributed by atoms with E-state index in [9.17, 15) is 14.9 Å². The molecule has 0 aliphatic heterocycles. The van der Waals surface area contributed by atoms with Crippen molar-refractivity contribution >= 4 is 46.2 Å². The number of aryl methyl sites for hydroxylation is 2. The summed E-state index contributed by atoms with van der Waals surface area (Å²) in [6.45, 7) is 3.32. The number of nitrogens with zero attached hydrogens (tertiary/aromatic N) is 4. The Bertz CT molecular complexity index is 852. The van der Waals surface area contributed by atoms with Crippen molar-refractivity contribution < 1.29 is 9.72 Å². The number of carbonyl (C=O) groups excluding carboxylic acids is 1. The van der Waals surface area contributed by atoms with E-state index in [2.05, 4.69) is 10.5 Å². The van der Waals surface area contributed by atoms with E-state index in [0.717, 1.165) is 0 Å². The molecule has 138 valence electrons. The van der Waals surface area contributed by atoms with Crippen LogP contribution in [0.15, 0.2) is 24.3 Å². The maximum absolute atomic E-state index is 12.2. The number of nitrogens with two attached hydrogens (primary N) is 1. The summed E-state index contributed by atoms with van der Waals surface area (Å²) in [6.07, 6.45) is 0.0335. The molecule has 0 unspecified atom stereocenters. The number of rotatable bonds is 5. The van der Waals surface area contributed by atoms with E-state index >= 15 is 0 Å². The number of benzene rings is 1. The molecule has 0 bridgehead atoms. The van der Waals surface area contributed by atoms with Crippen molar-refractivity contribution in [2.24, 2.45) is 5.73 Å². The first-order valence-corrected chi connectivity index (χ1v) is 8.32. The zero-order valence-electron chi connectivity index (χ0n) is 14.1. The quantitative estimate of drug-likeness (QED) is 0.451. The molecule has 11 heteroatoms. The highest BCUT2D eigenvalue weighted by Gasteiger charge is 2.22. The number of hydrogen-bond donors (Lipinski definition) is 2. The second-order valence-electron chi connectivity index (χ2n) is 5.43. The van der Waals surface area contributed by atoms with Crippen molar-refractivity contribution in [1.29, 1.82) is 0 Å². The fourth-order valence-corrected chi connectivity index (χ4v) is 2.67. The molecule has 1 aromatic heterocycles. The maximum Gasteiger partial charge on any atom is 0.312 e. The molecule has 0 atom stereocenters. The van der Waals surface area contributed by atoms with Gasteiger partial charge in [-0.3, -0.25) is 25.0 Å². The lowest BCUT2D eigenvalue weighted by Crippen LogP contribution is -2.49. The van der Waals surface area contributed by atoms with Gasteiger partial charge in [0, 0.05) is 11.4 Å². The molecule has 0 spiro atoms. The highest BCUT2D eigenvalue weighted by atomic mass is 35.5. The third kappa shape index (κ3) is 4.46. The van der Waals surface area contributed by atoms with Crippen molar-refractivity contribution in [2.75, 3.05) is 5.01 Å². The molecule has 0 radical (unpaired) electrons. The van der Waals surface area contributed by atoms with E-state index < -0.39 is 4.92 Å². The zero-order chi connectivity index (χ0) is 19.4. The molecule has 1 heterocycles. The third-order valence-electron chi connectivity index (χ3n) is 3.62. The molecule has 0 aliphatic carbocycles. The molecule has 9 nitrogen and oxygen atoms in total. The van der Waals surface area contributed by atoms with Crippen LogP contribution >= 0.6 is 23.8 Å². The largest absolute Gasteiger partial charge is 0.374 e. The highest BCUT2D eigenvalue weighted by molar-refractivity contribution is 7.80. The van der Waals surface area contributed by atoms with Gasteiger partial charge in [0.25, 0.3) is 0 Å². The average molecular weight is 397 g/mol. The van der Waals surface area contributed by atoms with Crippen LogP contribution in [0.1, 0.15) is 17.8 Å². The van der Waals surface area contributed by atoms with Crippen LogP contribution < -0.4 is 16.2 Å². The normalized spacial score (nSPS) is 10.4.